The lowest BCUT2D eigenvalue weighted by molar-refractivity contribution is -0.123. The largest absolute Gasteiger partial charge is 0.444 e. The molecule has 1 saturated heterocycles. The SMILES string of the molecule is CC.CCn1c(C(=O)NCC(F)(F)F)nc2c(NC3CCN(C(=O)OC(C)(C)C)C3)ncnc21. The van der Waals surface area contributed by atoms with E-state index in [0.717, 1.165) is 0 Å². The molecular formula is C21H32F3N7O3. The average Bonchev–Trinajstić information content (AvgIpc) is 3.37. The van der Waals surface area contributed by atoms with Crippen LogP contribution in [0.1, 0.15) is 58.6 Å². The number of aromatic nitrogens is 4. The Morgan fingerprint density at radius 3 is 2.47 bits per heavy atom. The molecule has 2 aromatic rings. The summed E-state index contributed by atoms with van der Waals surface area (Å²) in [6.45, 7) is 10.8. The van der Waals surface area contributed by atoms with Crippen molar-refractivity contribution in [3.05, 3.63) is 12.2 Å². The summed E-state index contributed by atoms with van der Waals surface area (Å²) in [5, 5.41) is 5.03. The molecule has 13 heteroatoms. The fraction of sp³-hybridized carbons (Fsp3) is 0.667. The molecule has 0 spiro atoms. The van der Waals surface area contributed by atoms with Gasteiger partial charge in [0.1, 0.15) is 18.5 Å². The minimum absolute atomic E-state index is 0.144. The third kappa shape index (κ3) is 6.94. The summed E-state index contributed by atoms with van der Waals surface area (Å²) in [5.41, 5.74) is -0.0105. The van der Waals surface area contributed by atoms with E-state index < -0.39 is 30.3 Å². The third-order valence-corrected chi connectivity index (χ3v) is 4.68. The van der Waals surface area contributed by atoms with Gasteiger partial charge < -0.3 is 24.8 Å². The summed E-state index contributed by atoms with van der Waals surface area (Å²) in [6.07, 6.45) is -3.02. The number of aryl methyl sites for hydroxylation is 1. The molecule has 190 valence electrons. The second kappa shape index (κ2) is 10.9. The molecule has 2 amide bonds. The van der Waals surface area contributed by atoms with Crippen LogP contribution in [0.5, 0.6) is 0 Å². The predicted octanol–water partition coefficient (Wildman–Crippen LogP) is 3.59. The topological polar surface area (TPSA) is 114 Å². The highest BCUT2D eigenvalue weighted by Crippen LogP contribution is 2.24. The summed E-state index contributed by atoms with van der Waals surface area (Å²) in [5.74, 6) is -0.801. The van der Waals surface area contributed by atoms with Crippen LogP contribution in [0.4, 0.5) is 23.8 Å². The number of carbonyl (C=O) groups excluding carboxylic acids is 2. The standard InChI is InChI=1S/C19H26F3N7O3.C2H6/c1-5-29-14-12(27-15(29)16(30)23-9-19(20,21)22)13(24-10-25-14)26-11-6-7-28(8-11)17(31)32-18(2,3)4;1-2/h10-11H,5-9H2,1-4H3,(H,23,30)(H,24,25,26);1-2H3. The Kier molecular flexibility index (Phi) is 8.67. The molecule has 3 rings (SSSR count). The van der Waals surface area contributed by atoms with Crippen molar-refractivity contribution < 1.29 is 27.5 Å². The summed E-state index contributed by atoms with van der Waals surface area (Å²) >= 11 is 0. The number of halogens is 3. The second-order valence-corrected chi connectivity index (χ2v) is 8.43. The molecule has 0 saturated carbocycles. The first-order valence-corrected chi connectivity index (χ1v) is 11.2. The number of nitrogens with one attached hydrogen (secondary N) is 2. The number of anilines is 1. The Balaban J connectivity index is 0.00000199. The van der Waals surface area contributed by atoms with E-state index >= 15 is 0 Å². The lowest BCUT2D eigenvalue weighted by Crippen LogP contribution is -2.36. The van der Waals surface area contributed by atoms with E-state index in [1.165, 1.54) is 10.9 Å². The van der Waals surface area contributed by atoms with Crippen LogP contribution in [0, 0.1) is 0 Å². The number of likely N-dealkylation sites (tertiary alicyclic amines) is 1. The van der Waals surface area contributed by atoms with Gasteiger partial charge in [-0.05, 0) is 34.1 Å². The van der Waals surface area contributed by atoms with Crippen LogP contribution < -0.4 is 10.6 Å². The number of amides is 2. The highest BCUT2D eigenvalue weighted by atomic mass is 19.4. The molecule has 1 atom stereocenters. The highest BCUT2D eigenvalue weighted by molar-refractivity contribution is 5.96. The number of rotatable bonds is 5. The normalized spacial score (nSPS) is 16.1. The molecule has 1 unspecified atom stereocenters. The number of imidazole rings is 1. The van der Waals surface area contributed by atoms with Gasteiger partial charge >= 0.3 is 12.3 Å². The van der Waals surface area contributed by atoms with Crippen LogP contribution in [0.25, 0.3) is 11.2 Å². The zero-order valence-electron chi connectivity index (χ0n) is 20.3. The van der Waals surface area contributed by atoms with Gasteiger partial charge in [0.2, 0.25) is 5.82 Å². The van der Waals surface area contributed by atoms with Crippen LogP contribution in [0.2, 0.25) is 0 Å². The van der Waals surface area contributed by atoms with Gasteiger partial charge in [0.15, 0.2) is 17.0 Å². The van der Waals surface area contributed by atoms with Gasteiger partial charge in [-0.15, -0.1) is 0 Å². The van der Waals surface area contributed by atoms with E-state index in [2.05, 4.69) is 20.3 Å². The van der Waals surface area contributed by atoms with Crippen molar-refractivity contribution in [1.29, 1.82) is 0 Å². The molecule has 34 heavy (non-hydrogen) atoms. The molecule has 1 aliphatic rings. The first-order valence-electron chi connectivity index (χ1n) is 11.2. The first-order chi connectivity index (χ1) is 15.9. The van der Waals surface area contributed by atoms with Crippen molar-refractivity contribution in [2.45, 2.75) is 72.3 Å². The summed E-state index contributed by atoms with van der Waals surface area (Å²) in [4.78, 5) is 38.7. The van der Waals surface area contributed by atoms with Crippen molar-refractivity contribution in [1.82, 2.24) is 29.7 Å². The number of nitrogens with zero attached hydrogens (tertiary/aromatic N) is 5. The lowest BCUT2D eigenvalue weighted by Gasteiger charge is -2.24. The van der Waals surface area contributed by atoms with Crippen molar-refractivity contribution in [3.8, 4) is 0 Å². The minimum Gasteiger partial charge on any atom is -0.444 e. The summed E-state index contributed by atoms with van der Waals surface area (Å²) in [6, 6.07) is -0.144. The molecule has 0 aliphatic carbocycles. The maximum Gasteiger partial charge on any atom is 0.410 e. The van der Waals surface area contributed by atoms with Crippen LogP contribution in [-0.2, 0) is 11.3 Å². The summed E-state index contributed by atoms with van der Waals surface area (Å²) < 4.78 is 44.3. The number of ether oxygens (including phenoxy) is 1. The fourth-order valence-corrected chi connectivity index (χ4v) is 3.34. The summed E-state index contributed by atoms with van der Waals surface area (Å²) in [7, 11) is 0. The van der Waals surface area contributed by atoms with Crippen molar-refractivity contribution in [2.24, 2.45) is 0 Å². The average molecular weight is 488 g/mol. The maximum absolute atomic E-state index is 12.5. The van der Waals surface area contributed by atoms with E-state index in [1.54, 1.807) is 32.6 Å². The molecule has 2 aromatic heterocycles. The van der Waals surface area contributed by atoms with Gasteiger partial charge in [-0.3, -0.25) is 4.79 Å². The van der Waals surface area contributed by atoms with Gasteiger partial charge in [-0.2, -0.15) is 13.2 Å². The zero-order valence-corrected chi connectivity index (χ0v) is 20.3. The van der Waals surface area contributed by atoms with E-state index in [-0.39, 0.29) is 23.9 Å². The smallest absolute Gasteiger partial charge is 0.410 e. The predicted molar refractivity (Wildman–Crippen MR) is 121 cm³/mol. The lowest BCUT2D eigenvalue weighted by atomic mass is 10.2. The van der Waals surface area contributed by atoms with Crippen LogP contribution in [0.3, 0.4) is 0 Å². The van der Waals surface area contributed by atoms with E-state index in [1.807, 2.05) is 19.2 Å². The minimum atomic E-state index is -4.53. The van der Waals surface area contributed by atoms with Crippen LogP contribution in [-0.4, -0.2) is 73.9 Å². The van der Waals surface area contributed by atoms with E-state index in [9.17, 15) is 22.8 Å². The first kappa shape index (κ1) is 27.1. The fourth-order valence-electron chi connectivity index (χ4n) is 3.34. The van der Waals surface area contributed by atoms with Gasteiger partial charge in [0.05, 0.1) is 0 Å². The van der Waals surface area contributed by atoms with Crippen molar-refractivity contribution in [3.63, 3.8) is 0 Å². The molecular weight excluding hydrogens is 455 g/mol. The Bertz CT molecular complexity index is 1000. The van der Waals surface area contributed by atoms with Crippen LogP contribution in [0.15, 0.2) is 6.33 Å². The maximum atomic E-state index is 12.5. The van der Waals surface area contributed by atoms with E-state index in [0.29, 0.717) is 31.0 Å². The number of carbonyl (C=O) groups is 2. The molecule has 2 N–H and O–H groups in total. The highest BCUT2D eigenvalue weighted by Gasteiger charge is 2.32. The monoisotopic (exact) mass is 487 g/mol. The van der Waals surface area contributed by atoms with Gasteiger partial charge in [0, 0.05) is 25.7 Å². The van der Waals surface area contributed by atoms with Crippen molar-refractivity contribution >= 4 is 29.0 Å². The number of alkyl halides is 3. The Hall–Kier alpha value is -3.12. The van der Waals surface area contributed by atoms with Gasteiger partial charge in [0.25, 0.3) is 5.91 Å². The Morgan fingerprint density at radius 1 is 1.21 bits per heavy atom. The van der Waals surface area contributed by atoms with Gasteiger partial charge in [-0.1, -0.05) is 13.8 Å². The van der Waals surface area contributed by atoms with Crippen LogP contribution >= 0.6 is 0 Å². The molecule has 3 heterocycles. The van der Waals surface area contributed by atoms with Gasteiger partial charge in [-0.25, -0.2) is 19.7 Å². The number of fused-ring (bicyclic) bond motifs is 1. The molecule has 0 radical (unpaired) electrons. The number of hydrogen-bond acceptors (Lipinski definition) is 7. The molecule has 1 aliphatic heterocycles. The Morgan fingerprint density at radius 2 is 1.88 bits per heavy atom. The molecule has 0 aromatic carbocycles. The number of hydrogen-bond donors (Lipinski definition) is 2. The zero-order chi connectivity index (χ0) is 25.7. The quantitative estimate of drug-likeness (QED) is 0.663. The van der Waals surface area contributed by atoms with E-state index in [4.69, 9.17) is 4.74 Å². The molecule has 10 nitrogen and oxygen atoms in total. The molecule has 1 fully saturated rings. The third-order valence-electron chi connectivity index (χ3n) is 4.68. The Labute approximate surface area is 196 Å². The second-order valence-electron chi connectivity index (χ2n) is 8.43. The molecule has 0 bridgehead atoms. The van der Waals surface area contributed by atoms with Crippen molar-refractivity contribution in [2.75, 3.05) is 25.0 Å².